The predicted molar refractivity (Wildman–Crippen MR) is 88.6 cm³/mol. The third-order valence-electron chi connectivity index (χ3n) is 5.05. The molecule has 0 bridgehead atoms. The molecule has 7 heteroatoms. The van der Waals surface area contributed by atoms with Crippen LogP contribution in [0.4, 0.5) is 0 Å². The van der Waals surface area contributed by atoms with Crippen LogP contribution in [0.1, 0.15) is 36.0 Å². The van der Waals surface area contributed by atoms with Crippen LogP contribution in [0.15, 0.2) is 29.2 Å². The molecule has 0 aromatic heterocycles. The molecule has 6 nitrogen and oxygen atoms in total. The van der Waals surface area contributed by atoms with Crippen LogP contribution in [0, 0.1) is 0 Å². The zero-order chi connectivity index (χ0) is 17.4. The van der Waals surface area contributed by atoms with Gasteiger partial charge in [0.1, 0.15) is 0 Å². The van der Waals surface area contributed by atoms with Crippen LogP contribution in [0.25, 0.3) is 0 Å². The summed E-state index contributed by atoms with van der Waals surface area (Å²) in [6.45, 7) is 1.73. The number of ether oxygens (including phenoxy) is 1. The van der Waals surface area contributed by atoms with Gasteiger partial charge in [0.25, 0.3) is 5.91 Å². The second kappa shape index (κ2) is 6.46. The van der Waals surface area contributed by atoms with Crippen molar-refractivity contribution in [1.29, 1.82) is 0 Å². The van der Waals surface area contributed by atoms with Crippen molar-refractivity contribution in [1.82, 2.24) is 4.90 Å². The number of likely N-dealkylation sites (tertiary alicyclic amines) is 1. The Hall–Kier alpha value is -1.44. The van der Waals surface area contributed by atoms with E-state index < -0.39 is 21.5 Å². The lowest BCUT2D eigenvalue weighted by Crippen LogP contribution is -2.56. The Morgan fingerprint density at radius 3 is 2.42 bits per heavy atom. The van der Waals surface area contributed by atoms with Gasteiger partial charge in [-0.3, -0.25) is 4.79 Å². The van der Waals surface area contributed by atoms with Crippen molar-refractivity contribution in [2.24, 2.45) is 0 Å². The van der Waals surface area contributed by atoms with E-state index in [1.54, 1.807) is 17.0 Å². The lowest BCUT2D eigenvalue weighted by atomic mass is 9.82. The third-order valence-corrected chi connectivity index (χ3v) is 6.17. The van der Waals surface area contributed by atoms with Crippen molar-refractivity contribution in [3.63, 3.8) is 0 Å². The number of aliphatic hydroxyl groups is 1. The number of carbonyl (C=O) groups is 1. The second-order valence-corrected chi connectivity index (χ2v) is 8.68. The summed E-state index contributed by atoms with van der Waals surface area (Å²) in [5.41, 5.74) is -0.0294. The lowest BCUT2D eigenvalue weighted by molar-refractivity contribution is -0.174. The number of amides is 1. The van der Waals surface area contributed by atoms with Gasteiger partial charge in [0, 0.05) is 31.5 Å². The molecule has 132 valence electrons. The molecule has 1 aromatic carbocycles. The minimum atomic E-state index is -3.26. The van der Waals surface area contributed by atoms with Crippen LogP contribution in [0.2, 0.25) is 0 Å². The molecule has 1 aromatic rings. The van der Waals surface area contributed by atoms with Crippen LogP contribution in [0.5, 0.6) is 0 Å². The molecule has 0 aliphatic carbocycles. The summed E-state index contributed by atoms with van der Waals surface area (Å²) in [6.07, 6.45) is 3.56. The van der Waals surface area contributed by atoms with Gasteiger partial charge in [0.2, 0.25) is 0 Å². The smallest absolute Gasteiger partial charge is 0.253 e. The van der Waals surface area contributed by atoms with Gasteiger partial charge in [-0.05, 0) is 49.9 Å². The number of sulfone groups is 1. The number of nitrogens with zero attached hydrogens (tertiary/aromatic N) is 1. The van der Waals surface area contributed by atoms with Gasteiger partial charge in [0.05, 0.1) is 16.6 Å². The molecule has 2 aliphatic heterocycles. The van der Waals surface area contributed by atoms with Crippen molar-refractivity contribution < 1.29 is 23.1 Å². The monoisotopic (exact) mass is 353 g/mol. The van der Waals surface area contributed by atoms with Crippen LogP contribution >= 0.6 is 0 Å². The zero-order valence-corrected chi connectivity index (χ0v) is 14.6. The van der Waals surface area contributed by atoms with E-state index in [4.69, 9.17) is 4.74 Å². The minimum absolute atomic E-state index is 0.116. The van der Waals surface area contributed by atoms with Gasteiger partial charge >= 0.3 is 0 Å². The molecule has 2 heterocycles. The number of carbonyl (C=O) groups excluding carboxylic acids is 1. The summed E-state index contributed by atoms with van der Waals surface area (Å²) >= 11 is 0. The highest BCUT2D eigenvalue weighted by atomic mass is 32.2. The van der Waals surface area contributed by atoms with Crippen molar-refractivity contribution in [3.05, 3.63) is 29.8 Å². The van der Waals surface area contributed by atoms with Crippen LogP contribution in [-0.4, -0.2) is 62.0 Å². The van der Waals surface area contributed by atoms with Gasteiger partial charge in [-0.15, -0.1) is 0 Å². The Kier molecular flexibility index (Phi) is 4.68. The quantitative estimate of drug-likeness (QED) is 0.865. The zero-order valence-electron chi connectivity index (χ0n) is 13.8. The molecule has 1 amide bonds. The highest BCUT2D eigenvalue weighted by Gasteiger charge is 2.44. The Morgan fingerprint density at radius 1 is 1.25 bits per heavy atom. The standard InChI is InChI=1S/C17H23NO5S/c1-24(21,22)14-6-4-13(5-7-14)16(20)18-10-8-17(9-11-18)15(19)3-2-12-23-17/h4-7,15,19H,2-3,8-12H2,1H3/t15-/m0/s1. The summed E-state index contributed by atoms with van der Waals surface area (Å²) in [6, 6.07) is 6.02. The van der Waals surface area contributed by atoms with E-state index >= 15 is 0 Å². The van der Waals surface area contributed by atoms with E-state index in [9.17, 15) is 18.3 Å². The predicted octanol–water partition coefficient (Wildman–Crippen LogP) is 1.24. The molecule has 2 saturated heterocycles. The van der Waals surface area contributed by atoms with Crippen LogP contribution in [0.3, 0.4) is 0 Å². The lowest BCUT2D eigenvalue weighted by Gasteiger charge is -2.46. The fourth-order valence-electron chi connectivity index (χ4n) is 3.50. The van der Waals surface area contributed by atoms with Crippen molar-refractivity contribution in [2.75, 3.05) is 26.0 Å². The van der Waals surface area contributed by atoms with Gasteiger partial charge < -0.3 is 14.7 Å². The molecule has 0 radical (unpaired) electrons. The fraction of sp³-hybridized carbons (Fsp3) is 0.588. The molecule has 1 atom stereocenters. The van der Waals surface area contributed by atoms with Crippen LogP contribution < -0.4 is 0 Å². The number of benzene rings is 1. The Bertz CT molecular complexity index is 705. The summed E-state index contributed by atoms with van der Waals surface area (Å²) in [7, 11) is -3.26. The highest BCUT2D eigenvalue weighted by molar-refractivity contribution is 7.90. The van der Waals surface area contributed by atoms with Gasteiger partial charge in [0.15, 0.2) is 9.84 Å². The second-order valence-electron chi connectivity index (χ2n) is 6.66. The van der Waals surface area contributed by atoms with E-state index in [1.807, 2.05) is 0 Å². The summed E-state index contributed by atoms with van der Waals surface area (Å²) in [5, 5.41) is 10.2. The van der Waals surface area contributed by atoms with Gasteiger partial charge in [-0.2, -0.15) is 0 Å². The average molecular weight is 353 g/mol. The summed E-state index contributed by atoms with van der Waals surface area (Å²) < 4.78 is 28.8. The molecule has 3 rings (SSSR count). The number of piperidine rings is 1. The molecular formula is C17H23NO5S. The largest absolute Gasteiger partial charge is 0.390 e. The number of hydrogen-bond donors (Lipinski definition) is 1. The minimum Gasteiger partial charge on any atom is -0.390 e. The Morgan fingerprint density at radius 2 is 1.88 bits per heavy atom. The molecule has 24 heavy (non-hydrogen) atoms. The molecule has 2 aliphatic rings. The summed E-state index contributed by atoms with van der Waals surface area (Å²) in [4.78, 5) is 14.5. The van der Waals surface area contributed by atoms with E-state index in [0.29, 0.717) is 38.1 Å². The van der Waals surface area contributed by atoms with E-state index in [1.165, 1.54) is 12.1 Å². The van der Waals surface area contributed by atoms with Crippen molar-refractivity contribution in [3.8, 4) is 0 Å². The molecule has 0 unspecified atom stereocenters. The van der Waals surface area contributed by atoms with E-state index in [-0.39, 0.29) is 10.8 Å². The normalized spacial score (nSPS) is 24.1. The number of aliphatic hydroxyl groups excluding tert-OH is 1. The third kappa shape index (κ3) is 3.34. The number of rotatable bonds is 2. The maximum Gasteiger partial charge on any atom is 0.253 e. The Labute approximate surface area is 142 Å². The molecule has 1 spiro atoms. The van der Waals surface area contributed by atoms with E-state index in [2.05, 4.69) is 0 Å². The maximum absolute atomic E-state index is 12.6. The SMILES string of the molecule is CS(=O)(=O)c1ccc(C(=O)N2CCC3(CC2)OCCC[C@@H]3O)cc1. The van der Waals surface area contributed by atoms with Gasteiger partial charge in [-0.25, -0.2) is 8.42 Å². The maximum atomic E-state index is 12.6. The average Bonchev–Trinajstić information content (AvgIpc) is 2.57. The Balaban J connectivity index is 1.67. The number of hydrogen-bond acceptors (Lipinski definition) is 5. The molecular weight excluding hydrogens is 330 g/mol. The van der Waals surface area contributed by atoms with E-state index in [0.717, 1.165) is 19.1 Å². The fourth-order valence-corrected chi connectivity index (χ4v) is 4.13. The highest BCUT2D eigenvalue weighted by Crippen LogP contribution is 2.35. The molecule has 0 saturated carbocycles. The first-order chi connectivity index (χ1) is 11.3. The van der Waals surface area contributed by atoms with Crippen molar-refractivity contribution >= 4 is 15.7 Å². The van der Waals surface area contributed by atoms with Crippen molar-refractivity contribution in [2.45, 2.75) is 42.3 Å². The molecule has 2 fully saturated rings. The topological polar surface area (TPSA) is 83.9 Å². The first kappa shape index (κ1) is 17.4. The van der Waals surface area contributed by atoms with Crippen LogP contribution in [-0.2, 0) is 14.6 Å². The first-order valence-electron chi connectivity index (χ1n) is 8.23. The summed E-state index contributed by atoms with van der Waals surface area (Å²) in [5.74, 6) is -0.116. The first-order valence-corrected chi connectivity index (χ1v) is 10.1. The van der Waals surface area contributed by atoms with Gasteiger partial charge in [-0.1, -0.05) is 0 Å². The molecule has 1 N–H and O–H groups in total.